The van der Waals surface area contributed by atoms with Gasteiger partial charge in [0.05, 0.1) is 5.69 Å². The first-order valence-corrected chi connectivity index (χ1v) is 5.47. The number of halogens is 1. The molecule has 0 bridgehead atoms. The van der Waals surface area contributed by atoms with Crippen LogP contribution in [0.1, 0.15) is 19.0 Å². The molecule has 0 aliphatic carbocycles. The van der Waals surface area contributed by atoms with Gasteiger partial charge in [0.2, 0.25) is 0 Å². The Morgan fingerprint density at radius 2 is 2.00 bits per heavy atom. The topological polar surface area (TPSA) is 28.7 Å². The number of nitrogens with zero attached hydrogens (tertiary/aromatic N) is 1. The van der Waals surface area contributed by atoms with Crippen molar-refractivity contribution in [3.05, 3.63) is 41.0 Å². The van der Waals surface area contributed by atoms with Gasteiger partial charge in [0, 0.05) is 16.3 Å². The van der Waals surface area contributed by atoms with Crippen molar-refractivity contribution < 1.29 is 0 Å². The number of hydrogen-bond acceptors (Lipinski definition) is 1. The summed E-state index contributed by atoms with van der Waals surface area (Å²) in [7, 11) is 0. The maximum atomic E-state index is 5.83. The van der Waals surface area contributed by atoms with E-state index in [4.69, 9.17) is 11.6 Å². The average molecular weight is 221 g/mol. The number of nitrogens with one attached hydrogen (secondary N) is 1. The fraction of sp³-hybridized carbons (Fsp3) is 0.250. The van der Waals surface area contributed by atoms with E-state index >= 15 is 0 Å². The van der Waals surface area contributed by atoms with E-state index in [0.717, 1.165) is 29.1 Å². The van der Waals surface area contributed by atoms with Crippen LogP contribution in [0.2, 0.25) is 5.02 Å². The van der Waals surface area contributed by atoms with Gasteiger partial charge in [-0.15, -0.1) is 0 Å². The molecule has 0 saturated carbocycles. The molecule has 2 aromatic rings. The number of aromatic nitrogens is 2. The molecule has 0 fully saturated rings. The molecule has 0 saturated heterocycles. The Labute approximate surface area is 94.3 Å². The van der Waals surface area contributed by atoms with Gasteiger partial charge in [-0.25, -0.2) is 0 Å². The SMILES string of the molecule is CCCc1cc(-c2ccc(Cl)cc2)n[nH]1. The normalized spacial score (nSPS) is 10.5. The van der Waals surface area contributed by atoms with Crippen LogP contribution in [0.3, 0.4) is 0 Å². The van der Waals surface area contributed by atoms with Crippen molar-refractivity contribution in [1.29, 1.82) is 0 Å². The molecule has 0 aliphatic rings. The van der Waals surface area contributed by atoms with Gasteiger partial charge in [-0.3, -0.25) is 5.10 Å². The maximum Gasteiger partial charge on any atom is 0.0923 e. The van der Waals surface area contributed by atoms with Gasteiger partial charge in [0.25, 0.3) is 0 Å². The summed E-state index contributed by atoms with van der Waals surface area (Å²) in [4.78, 5) is 0. The summed E-state index contributed by atoms with van der Waals surface area (Å²) in [5, 5.41) is 8.06. The molecule has 15 heavy (non-hydrogen) atoms. The Morgan fingerprint density at radius 3 is 2.67 bits per heavy atom. The molecule has 0 unspecified atom stereocenters. The zero-order valence-electron chi connectivity index (χ0n) is 8.63. The highest BCUT2D eigenvalue weighted by Gasteiger charge is 2.02. The van der Waals surface area contributed by atoms with Crippen LogP contribution in [0.15, 0.2) is 30.3 Å². The third-order valence-corrected chi connectivity index (χ3v) is 2.54. The second-order valence-corrected chi connectivity index (χ2v) is 3.97. The van der Waals surface area contributed by atoms with E-state index in [1.807, 2.05) is 24.3 Å². The monoisotopic (exact) mass is 220 g/mol. The molecule has 1 N–H and O–H groups in total. The molecule has 1 heterocycles. The van der Waals surface area contributed by atoms with E-state index in [1.54, 1.807) is 0 Å². The van der Waals surface area contributed by atoms with E-state index < -0.39 is 0 Å². The molecule has 0 amide bonds. The zero-order chi connectivity index (χ0) is 10.7. The van der Waals surface area contributed by atoms with Gasteiger partial charge in [-0.05, 0) is 24.6 Å². The largest absolute Gasteiger partial charge is 0.282 e. The standard InChI is InChI=1S/C12H13ClN2/c1-2-3-11-8-12(15-14-11)9-4-6-10(13)7-5-9/h4-8H,2-3H2,1H3,(H,14,15). The lowest BCUT2D eigenvalue weighted by atomic mass is 10.1. The molecule has 1 aromatic carbocycles. The van der Waals surface area contributed by atoms with Crippen LogP contribution in [-0.2, 0) is 6.42 Å². The predicted molar refractivity (Wildman–Crippen MR) is 63.0 cm³/mol. The molecule has 0 atom stereocenters. The lowest BCUT2D eigenvalue weighted by molar-refractivity contribution is 0.867. The van der Waals surface area contributed by atoms with Crippen LogP contribution in [0, 0.1) is 0 Å². The molecule has 2 rings (SSSR count). The first-order chi connectivity index (χ1) is 7.29. The van der Waals surface area contributed by atoms with Crippen LogP contribution in [0.25, 0.3) is 11.3 Å². The summed E-state index contributed by atoms with van der Waals surface area (Å²) < 4.78 is 0. The van der Waals surface area contributed by atoms with Crippen molar-refractivity contribution in [2.24, 2.45) is 0 Å². The number of benzene rings is 1. The minimum Gasteiger partial charge on any atom is -0.282 e. The highest BCUT2D eigenvalue weighted by Crippen LogP contribution is 2.20. The second kappa shape index (κ2) is 4.49. The van der Waals surface area contributed by atoms with E-state index in [0.29, 0.717) is 0 Å². The van der Waals surface area contributed by atoms with E-state index in [1.165, 1.54) is 5.69 Å². The van der Waals surface area contributed by atoms with Crippen molar-refractivity contribution in [3.63, 3.8) is 0 Å². The highest BCUT2D eigenvalue weighted by atomic mass is 35.5. The van der Waals surface area contributed by atoms with Crippen molar-refractivity contribution in [1.82, 2.24) is 10.2 Å². The minimum atomic E-state index is 0.753. The maximum absolute atomic E-state index is 5.83. The quantitative estimate of drug-likeness (QED) is 0.840. The molecular weight excluding hydrogens is 208 g/mol. The third-order valence-electron chi connectivity index (χ3n) is 2.29. The molecule has 2 nitrogen and oxygen atoms in total. The van der Waals surface area contributed by atoms with Crippen LogP contribution in [0.4, 0.5) is 0 Å². The van der Waals surface area contributed by atoms with Crippen molar-refractivity contribution in [2.45, 2.75) is 19.8 Å². The second-order valence-electron chi connectivity index (χ2n) is 3.54. The summed E-state index contributed by atoms with van der Waals surface area (Å²) >= 11 is 5.83. The molecule has 0 aliphatic heterocycles. The fourth-order valence-electron chi connectivity index (χ4n) is 1.53. The molecule has 0 radical (unpaired) electrons. The summed E-state index contributed by atoms with van der Waals surface area (Å²) in [6.45, 7) is 2.16. The summed E-state index contributed by atoms with van der Waals surface area (Å²) in [5.74, 6) is 0. The summed E-state index contributed by atoms with van der Waals surface area (Å²) in [6.07, 6.45) is 2.17. The first kappa shape index (κ1) is 10.2. The van der Waals surface area contributed by atoms with Crippen molar-refractivity contribution >= 4 is 11.6 Å². The predicted octanol–water partition coefficient (Wildman–Crippen LogP) is 3.68. The van der Waals surface area contributed by atoms with Crippen LogP contribution in [-0.4, -0.2) is 10.2 Å². The number of H-pyrrole nitrogens is 1. The summed E-state index contributed by atoms with van der Waals surface area (Å²) in [6, 6.07) is 9.81. The van der Waals surface area contributed by atoms with Gasteiger partial charge < -0.3 is 0 Å². The van der Waals surface area contributed by atoms with Gasteiger partial charge in [-0.1, -0.05) is 37.1 Å². The number of hydrogen-bond donors (Lipinski definition) is 1. The Balaban J connectivity index is 2.25. The van der Waals surface area contributed by atoms with Gasteiger partial charge >= 0.3 is 0 Å². The van der Waals surface area contributed by atoms with Crippen LogP contribution >= 0.6 is 11.6 Å². The highest BCUT2D eigenvalue weighted by molar-refractivity contribution is 6.30. The molecule has 0 spiro atoms. The van der Waals surface area contributed by atoms with Gasteiger partial charge in [0.1, 0.15) is 0 Å². The van der Waals surface area contributed by atoms with E-state index in [9.17, 15) is 0 Å². The molecule has 78 valence electrons. The van der Waals surface area contributed by atoms with E-state index in [-0.39, 0.29) is 0 Å². The van der Waals surface area contributed by atoms with Crippen molar-refractivity contribution in [2.75, 3.05) is 0 Å². The number of aromatic amines is 1. The fourth-order valence-corrected chi connectivity index (χ4v) is 1.65. The number of rotatable bonds is 3. The Hall–Kier alpha value is -1.28. The van der Waals surface area contributed by atoms with Crippen LogP contribution < -0.4 is 0 Å². The molecule has 1 aromatic heterocycles. The Bertz CT molecular complexity index is 431. The average Bonchev–Trinajstić information content (AvgIpc) is 2.68. The van der Waals surface area contributed by atoms with Gasteiger partial charge in [-0.2, -0.15) is 5.10 Å². The van der Waals surface area contributed by atoms with Gasteiger partial charge in [0.15, 0.2) is 0 Å². The lowest BCUT2D eigenvalue weighted by Gasteiger charge is -1.95. The molecule has 3 heteroatoms. The Morgan fingerprint density at radius 1 is 1.27 bits per heavy atom. The minimum absolute atomic E-state index is 0.753. The Kier molecular flexibility index (Phi) is 3.07. The van der Waals surface area contributed by atoms with Crippen molar-refractivity contribution in [3.8, 4) is 11.3 Å². The zero-order valence-corrected chi connectivity index (χ0v) is 9.38. The lowest BCUT2D eigenvalue weighted by Crippen LogP contribution is -1.80. The molecular formula is C12H13ClN2. The number of aryl methyl sites for hydroxylation is 1. The smallest absolute Gasteiger partial charge is 0.0923 e. The summed E-state index contributed by atoms with van der Waals surface area (Å²) in [5.41, 5.74) is 3.26. The third kappa shape index (κ3) is 2.39. The van der Waals surface area contributed by atoms with Crippen LogP contribution in [0.5, 0.6) is 0 Å². The van der Waals surface area contributed by atoms with E-state index in [2.05, 4.69) is 23.2 Å². The first-order valence-electron chi connectivity index (χ1n) is 5.10.